The summed E-state index contributed by atoms with van der Waals surface area (Å²) in [5.74, 6) is 1.26. The predicted octanol–water partition coefficient (Wildman–Crippen LogP) is 2.56. The van der Waals surface area contributed by atoms with Gasteiger partial charge in [0.15, 0.2) is 11.2 Å². The summed E-state index contributed by atoms with van der Waals surface area (Å²) >= 11 is 3.43. The highest BCUT2D eigenvalue weighted by molar-refractivity contribution is 9.10. The minimum atomic E-state index is -0.435. The highest BCUT2D eigenvalue weighted by Gasteiger charge is 2.16. The third-order valence-corrected chi connectivity index (χ3v) is 4.69. The number of unbranched alkanes of at least 4 members (excludes halogenated alkanes) is 1. The summed E-state index contributed by atoms with van der Waals surface area (Å²) in [6.07, 6.45) is 1.78. The molecule has 2 aromatic heterocycles. The molecule has 0 spiro atoms. The number of aromatic amines is 1. The third-order valence-electron chi connectivity index (χ3n) is 4.03. The quantitative estimate of drug-likeness (QED) is 0.681. The minimum Gasteiger partial charge on any atom is -0.484 e. The average molecular weight is 407 g/mol. The van der Waals surface area contributed by atoms with Crippen LogP contribution in [0.2, 0.25) is 0 Å². The second-order valence-corrected chi connectivity index (χ2v) is 6.60. The first-order chi connectivity index (χ1) is 12.0. The maximum absolute atomic E-state index is 12.2. The van der Waals surface area contributed by atoms with Gasteiger partial charge < -0.3 is 9.30 Å². The molecule has 2 heterocycles. The first kappa shape index (κ1) is 17.5. The van der Waals surface area contributed by atoms with E-state index in [1.807, 2.05) is 31.2 Å². The van der Waals surface area contributed by atoms with Crippen LogP contribution in [0.1, 0.15) is 25.6 Å². The minimum absolute atomic E-state index is 0.190. The molecule has 3 aromatic rings. The number of ether oxygens (including phenoxy) is 1. The van der Waals surface area contributed by atoms with Crippen molar-refractivity contribution in [3.05, 3.63) is 55.4 Å². The standard InChI is InChI=1S/C17H19BrN4O3/c1-3-4-9-22-15-14(16(23)20-17(22)24)21(2)13(19-15)10-25-12-8-6-5-7-11(12)18/h5-8H,3-4,9-10H2,1-2H3,(H,20,23,24). The Labute approximate surface area is 152 Å². The molecule has 0 aliphatic heterocycles. The van der Waals surface area contributed by atoms with E-state index in [0.717, 1.165) is 17.3 Å². The molecule has 0 aliphatic carbocycles. The van der Waals surface area contributed by atoms with E-state index in [4.69, 9.17) is 4.74 Å². The number of nitrogens with one attached hydrogen (secondary N) is 1. The van der Waals surface area contributed by atoms with E-state index in [1.165, 1.54) is 4.57 Å². The monoisotopic (exact) mass is 406 g/mol. The number of hydrogen-bond acceptors (Lipinski definition) is 4. The molecule has 0 saturated carbocycles. The summed E-state index contributed by atoms with van der Waals surface area (Å²) in [6, 6.07) is 7.51. The molecule has 3 rings (SSSR count). The lowest BCUT2D eigenvalue weighted by atomic mass is 10.3. The van der Waals surface area contributed by atoms with Gasteiger partial charge in [-0.15, -0.1) is 0 Å². The van der Waals surface area contributed by atoms with Gasteiger partial charge in [-0.25, -0.2) is 9.78 Å². The van der Waals surface area contributed by atoms with Gasteiger partial charge in [0.1, 0.15) is 18.2 Å². The number of fused-ring (bicyclic) bond motifs is 1. The zero-order chi connectivity index (χ0) is 18.0. The number of benzene rings is 1. The van der Waals surface area contributed by atoms with Gasteiger partial charge in [-0.2, -0.15) is 0 Å². The molecule has 1 aromatic carbocycles. The molecule has 0 unspecified atom stereocenters. The Kier molecular flexibility index (Phi) is 5.08. The molecule has 8 heteroatoms. The molecule has 0 saturated heterocycles. The molecule has 25 heavy (non-hydrogen) atoms. The first-order valence-corrected chi connectivity index (χ1v) is 8.88. The van der Waals surface area contributed by atoms with Gasteiger partial charge in [-0.05, 0) is 34.5 Å². The van der Waals surface area contributed by atoms with Crippen LogP contribution in [0.3, 0.4) is 0 Å². The number of hydrogen-bond donors (Lipinski definition) is 1. The number of nitrogens with zero attached hydrogens (tertiary/aromatic N) is 3. The largest absolute Gasteiger partial charge is 0.484 e. The fraction of sp³-hybridized carbons (Fsp3) is 0.353. The molecular formula is C17H19BrN4O3. The van der Waals surface area contributed by atoms with E-state index in [9.17, 15) is 9.59 Å². The smallest absolute Gasteiger partial charge is 0.330 e. The Morgan fingerprint density at radius 1 is 1.28 bits per heavy atom. The zero-order valence-corrected chi connectivity index (χ0v) is 15.7. The Morgan fingerprint density at radius 3 is 2.76 bits per heavy atom. The molecular weight excluding hydrogens is 388 g/mol. The van der Waals surface area contributed by atoms with E-state index in [0.29, 0.717) is 29.3 Å². The highest BCUT2D eigenvalue weighted by atomic mass is 79.9. The van der Waals surface area contributed by atoms with Gasteiger partial charge in [0.25, 0.3) is 5.56 Å². The SMILES string of the molecule is CCCCn1c(=O)[nH]c(=O)c2c1nc(COc1ccccc1Br)n2C. The number of aryl methyl sites for hydroxylation is 2. The zero-order valence-electron chi connectivity index (χ0n) is 14.1. The van der Waals surface area contributed by atoms with Gasteiger partial charge in [-0.1, -0.05) is 25.5 Å². The summed E-state index contributed by atoms with van der Waals surface area (Å²) in [5.41, 5.74) is -0.0888. The summed E-state index contributed by atoms with van der Waals surface area (Å²) in [7, 11) is 1.75. The van der Waals surface area contributed by atoms with Crippen molar-refractivity contribution in [1.29, 1.82) is 0 Å². The second-order valence-electron chi connectivity index (χ2n) is 5.74. The number of H-pyrrole nitrogens is 1. The summed E-state index contributed by atoms with van der Waals surface area (Å²) < 4.78 is 9.82. The van der Waals surface area contributed by atoms with Crippen molar-refractivity contribution in [2.24, 2.45) is 7.05 Å². The number of halogens is 1. The van der Waals surface area contributed by atoms with Crippen molar-refractivity contribution in [3.8, 4) is 5.75 Å². The number of imidazole rings is 1. The number of para-hydroxylation sites is 1. The molecule has 0 amide bonds. The number of aromatic nitrogens is 4. The van der Waals surface area contributed by atoms with Crippen molar-refractivity contribution < 1.29 is 4.74 Å². The van der Waals surface area contributed by atoms with Crippen molar-refractivity contribution >= 4 is 27.1 Å². The maximum Gasteiger partial charge on any atom is 0.330 e. The second kappa shape index (κ2) is 7.26. The lowest BCUT2D eigenvalue weighted by molar-refractivity contribution is 0.290. The fourth-order valence-electron chi connectivity index (χ4n) is 2.65. The van der Waals surface area contributed by atoms with E-state index in [1.54, 1.807) is 11.6 Å². The van der Waals surface area contributed by atoms with Crippen LogP contribution in [0.5, 0.6) is 5.75 Å². The average Bonchev–Trinajstić information content (AvgIpc) is 2.91. The van der Waals surface area contributed by atoms with Crippen molar-refractivity contribution in [2.45, 2.75) is 32.9 Å². The summed E-state index contributed by atoms with van der Waals surface area (Å²) in [6.45, 7) is 2.75. The van der Waals surface area contributed by atoms with E-state index < -0.39 is 11.2 Å². The summed E-state index contributed by atoms with van der Waals surface area (Å²) in [5, 5.41) is 0. The Hall–Kier alpha value is -2.35. The van der Waals surface area contributed by atoms with Crippen LogP contribution in [-0.2, 0) is 20.2 Å². The van der Waals surface area contributed by atoms with Gasteiger partial charge in [0.2, 0.25) is 0 Å². The van der Waals surface area contributed by atoms with Crippen LogP contribution in [0.25, 0.3) is 11.2 Å². The van der Waals surface area contributed by atoms with Gasteiger partial charge in [0.05, 0.1) is 4.47 Å². The molecule has 0 fully saturated rings. The van der Waals surface area contributed by atoms with Gasteiger partial charge in [0, 0.05) is 13.6 Å². The Balaban J connectivity index is 2.01. The van der Waals surface area contributed by atoms with Crippen LogP contribution in [-0.4, -0.2) is 19.1 Å². The van der Waals surface area contributed by atoms with Crippen molar-refractivity contribution in [3.63, 3.8) is 0 Å². The highest BCUT2D eigenvalue weighted by Crippen LogP contribution is 2.24. The van der Waals surface area contributed by atoms with E-state index in [-0.39, 0.29) is 6.61 Å². The predicted molar refractivity (Wildman–Crippen MR) is 99.0 cm³/mol. The molecule has 7 nitrogen and oxygen atoms in total. The van der Waals surface area contributed by atoms with Crippen LogP contribution in [0, 0.1) is 0 Å². The van der Waals surface area contributed by atoms with Gasteiger partial charge >= 0.3 is 5.69 Å². The molecule has 0 aliphatic rings. The molecule has 1 N–H and O–H groups in total. The van der Waals surface area contributed by atoms with Crippen LogP contribution in [0.15, 0.2) is 38.3 Å². The van der Waals surface area contributed by atoms with Crippen LogP contribution in [0.4, 0.5) is 0 Å². The first-order valence-electron chi connectivity index (χ1n) is 8.08. The van der Waals surface area contributed by atoms with Crippen molar-refractivity contribution in [1.82, 2.24) is 19.1 Å². The molecule has 0 radical (unpaired) electrons. The topological polar surface area (TPSA) is 81.9 Å². The normalized spacial score (nSPS) is 11.2. The third kappa shape index (κ3) is 3.39. The van der Waals surface area contributed by atoms with E-state index >= 15 is 0 Å². The number of rotatable bonds is 6. The fourth-order valence-corrected chi connectivity index (χ4v) is 3.05. The lowest BCUT2D eigenvalue weighted by Gasteiger charge is -2.07. The van der Waals surface area contributed by atoms with Crippen LogP contribution < -0.4 is 16.0 Å². The maximum atomic E-state index is 12.2. The van der Waals surface area contributed by atoms with Crippen molar-refractivity contribution in [2.75, 3.05) is 0 Å². The Bertz CT molecular complexity index is 1020. The Morgan fingerprint density at radius 2 is 2.04 bits per heavy atom. The van der Waals surface area contributed by atoms with E-state index in [2.05, 4.69) is 25.9 Å². The van der Waals surface area contributed by atoms with Crippen LogP contribution >= 0.6 is 15.9 Å². The molecule has 0 bridgehead atoms. The summed E-state index contributed by atoms with van der Waals surface area (Å²) in [4.78, 5) is 31.2. The molecule has 132 valence electrons. The molecule has 0 atom stereocenters. The lowest BCUT2D eigenvalue weighted by Crippen LogP contribution is -2.31. The van der Waals surface area contributed by atoms with Gasteiger partial charge in [-0.3, -0.25) is 14.3 Å².